The van der Waals surface area contributed by atoms with Crippen LogP contribution in [-0.4, -0.2) is 39.7 Å². The molecule has 4 rings (SSSR count). The van der Waals surface area contributed by atoms with E-state index in [2.05, 4.69) is 24.5 Å². The van der Waals surface area contributed by atoms with Gasteiger partial charge in [-0.1, -0.05) is 26.0 Å². The summed E-state index contributed by atoms with van der Waals surface area (Å²) in [7, 11) is -3.70. The van der Waals surface area contributed by atoms with E-state index in [4.69, 9.17) is 19.3 Å². The van der Waals surface area contributed by atoms with Crippen LogP contribution < -0.4 is 15.8 Å². The number of benzene rings is 1. The van der Waals surface area contributed by atoms with Crippen LogP contribution in [-0.2, 0) is 27.7 Å². The topological polar surface area (TPSA) is 119 Å². The third-order valence-corrected chi connectivity index (χ3v) is 7.24. The molecule has 176 valence electrons. The fourth-order valence-corrected chi connectivity index (χ4v) is 5.15. The molecule has 1 saturated heterocycles. The zero-order chi connectivity index (χ0) is 22.1. The molecular formula is C22H31IN4O4S. The molecule has 1 aromatic heterocycles. The van der Waals surface area contributed by atoms with Gasteiger partial charge in [0, 0.05) is 36.9 Å². The number of fused-ring (bicyclic) bond motifs is 1. The molecule has 10 heteroatoms. The van der Waals surface area contributed by atoms with Gasteiger partial charge in [-0.3, -0.25) is 0 Å². The minimum atomic E-state index is -3.70. The Balaban J connectivity index is 0.00000289. The van der Waals surface area contributed by atoms with Gasteiger partial charge in [-0.25, -0.2) is 18.5 Å². The van der Waals surface area contributed by atoms with Crippen LogP contribution in [0.1, 0.15) is 31.6 Å². The monoisotopic (exact) mass is 574 g/mol. The van der Waals surface area contributed by atoms with Gasteiger partial charge in [-0.05, 0) is 36.2 Å². The van der Waals surface area contributed by atoms with Gasteiger partial charge in [0.2, 0.25) is 10.0 Å². The smallest absolute Gasteiger partial charge is 0.238 e. The molecule has 0 spiro atoms. The van der Waals surface area contributed by atoms with Crippen molar-refractivity contribution in [3.63, 3.8) is 0 Å². The first-order valence-electron chi connectivity index (χ1n) is 10.6. The third kappa shape index (κ3) is 5.46. The number of rotatable bonds is 7. The Morgan fingerprint density at radius 1 is 1.25 bits per heavy atom. The van der Waals surface area contributed by atoms with Crippen molar-refractivity contribution in [2.75, 3.05) is 13.2 Å². The van der Waals surface area contributed by atoms with Crippen LogP contribution in [0.3, 0.4) is 0 Å². The van der Waals surface area contributed by atoms with Crippen molar-refractivity contribution in [1.29, 1.82) is 0 Å². The molecule has 1 saturated carbocycles. The standard InChI is InChI=1S/C22H30N4O4S.HI/c1-22(2)19(18-10-13-30-20(18)22)26-21(24-11-9-16-4-3-12-29-16)25-14-15-5-7-17(8-6-15)31(23,27)28;/h3-8,12,18-20H,9-11,13-14H2,1-2H3,(H2,23,27,28)(H2,24,25,26);1H. The van der Waals surface area contributed by atoms with Gasteiger partial charge < -0.3 is 19.8 Å². The number of primary sulfonamides is 1. The van der Waals surface area contributed by atoms with Crippen molar-refractivity contribution in [2.45, 2.75) is 50.3 Å². The lowest BCUT2D eigenvalue weighted by Crippen LogP contribution is -2.68. The Bertz CT molecular complexity index is 1020. The Morgan fingerprint density at radius 2 is 2.00 bits per heavy atom. The summed E-state index contributed by atoms with van der Waals surface area (Å²) < 4.78 is 34.2. The van der Waals surface area contributed by atoms with Crippen LogP contribution >= 0.6 is 24.0 Å². The Kier molecular flexibility index (Phi) is 7.89. The molecule has 2 aliphatic rings. The van der Waals surface area contributed by atoms with Crippen LogP contribution in [0.15, 0.2) is 57.0 Å². The number of hydrogen-bond acceptors (Lipinski definition) is 5. The lowest BCUT2D eigenvalue weighted by atomic mass is 9.57. The summed E-state index contributed by atoms with van der Waals surface area (Å²) in [6.07, 6.45) is 3.77. The molecule has 1 aromatic carbocycles. The molecule has 3 atom stereocenters. The summed E-state index contributed by atoms with van der Waals surface area (Å²) in [5.41, 5.74) is 0.927. The molecule has 2 heterocycles. The molecule has 0 radical (unpaired) electrons. The Morgan fingerprint density at radius 3 is 2.66 bits per heavy atom. The number of sulfonamides is 1. The number of nitrogens with two attached hydrogens (primary N) is 1. The zero-order valence-electron chi connectivity index (χ0n) is 18.3. The van der Waals surface area contributed by atoms with Gasteiger partial charge in [-0.15, -0.1) is 24.0 Å². The summed E-state index contributed by atoms with van der Waals surface area (Å²) in [6, 6.07) is 10.6. The predicted octanol–water partition coefficient (Wildman–Crippen LogP) is 2.64. The first-order chi connectivity index (χ1) is 14.7. The van der Waals surface area contributed by atoms with Crippen LogP contribution in [0.4, 0.5) is 0 Å². The fraction of sp³-hybridized carbons (Fsp3) is 0.500. The lowest BCUT2D eigenvalue weighted by Gasteiger charge is -2.54. The number of hydrogen-bond donors (Lipinski definition) is 3. The second-order valence-corrected chi connectivity index (χ2v) is 10.4. The first kappa shape index (κ1) is 25.0. The van der Waals surface area contributed by atoms with E-state index >= 15 is 0 Å². The van der Waals surface area contributed by atoms with Crippen molar-refractivity contribution >= 4 is 40.0 Å². The number of halogens is 1. The second kappa shape index (κ2) is 10.1. The maximum atomic E-state index is 11.5. The Labute approximate surface area is 206 Å². The summed E-state index contributed by atoms with van der Waals surface area (Å²) in [6.45, 7) is 6.36. The highest BCUT2D eigenvalue weighted by Crippen LogP contribution is 2.52. The van der Waals surface area contributed by atoms with E-state index in [-0.39, 0.29) is 40.3 Å². The highest BCUT2D eigenvalue weighted by atomic mass is 127. The van der Waals surface area contributed by atoms with Crippen molar-refractivity contribution in [2.24, 2.45) is 21.5 Å². The molecular weight excluding hydrogens is 543 g/mol. The average molecular weight is 574 g/mol. The van der Waals surface area contributed by atoms with Crippen molar-refractivity contribution in [1.82, 2.24) is 10.6 Å². The molecule has 2 aromatic rings. The number of nitrogens with zero attached hydrogens (tertiary/aromatic N) is 1. The molecule has 0 amide bonds. The number of nitrogens with one attached hydrogen (secondary N) is 2. The molecule has 8 nitrogen and oxygen atoms in total. The highest BCUT2D eigenvalue weighted by molar-refractivity contribution is 14.0. The van der Waals surface area contributed by atoms with Crippen LogP contribution in [0.5, 0.6) is 0 Å². The summed E-state index contributed by atoms with van der Waals surface area (Å²) >= 11 is 0. The van der Waals surface area contributed by atoms with Gasteiger partial charge >= 0.3 is 0 Å². The minimum absolute atomic E-state index is 0. The first-order valence-corrected chi connectivity index (χ1v) is 12.1. The van der Waals surface area contributed by atoms with Gasteiger partial charge in [0.1, 0.15) is 5.76 Å². The molecule has 4 N–H and O–H groups in total. The van der Waals surface area contributed by atoms with E-state index in [0.717, 1.165) is 36.7 Å². The van der Waals surface area contributed by atoms with Crippen molar-refractivity contribution in [3.05, 3.63) is 54.0 Å². The number of ether oxygens (including phenoxy) is 1. The summed E-state index contributed by atoms with van der Waals surface area (Å²) in [5.74, 6) is 2.13. The highest BCUT2D eigenvalue weighted by Gasteiger charge is 2.59. The van der Waals surface area contributed by atoms with Gasteiger partial charge in [0.15, 0.2) is 5.96 Å². The summed E-state index contributed by atoms with van der Waals surface area (Å²) in [4.78, 5) is 4.84. The van der Waals surface area contributed by atoms with E-state index in [0.29, 0.717) is 25.1 Å². The normalized spacial score (nSPS) is 24.2. The van der Waals surface area contributed by atoms with E-state index in [9.17, 15) is 8.42 Å². The number of furan rings is 1. The minimum Gasteiger partial charge on any atom is -0.469 e. The molecule has 32 heavy (non-hydrogen) atoms. The molecule has 1 aliphatic carbocycles. The second-order valence-electron chi connectivity index (χ2n) is 8.80. The largest absolute Gasteiger partial charge is 0.469 e. The molecule has 3 unspecified atom stereocenters. The molecule has 2 fully saturated rings. The van der Waals surface area contributed by atoms with Crippen LogP contribution in [0, 0.1) is 11.3 Å². The van der Waals surface area contributed by atoms with Crippen LogP contribution in [0.2, 0.25) is 0 Å². The number of guanidine groups is 1. The average Bonchev–Trinajstić information content (AvgIpc) is 3.40. The quantitative estimate of drug-likeness (QED) is 0.266. The zero-order valence-corrected chi connectivity index (χ0v) is 21.4. The maximum Gasteiger partial charge on any atom is 0.238 e. The SMILES string of the molecule is CC1(C)C(NC(=NCc2ccc(S(N)(=O)=O)cc2)NCCc2ccco2)C2CCOC21.I. The fourth-order valence-electron chi connectivity index (χ4n) is 4.63. The molecule has 0 bridgehead atoms. The maximum absolute atomic E-state index is 11.5. The van der Waals surface area contributed by atoms with Gasteiger partial charge in [0.05, 0.1) is 23.8 Å². The third-order valence-electron chi connectivity index (χ3n) is 6.31. The number of aliphatic imine (C=N–C) groups is 1. The van der Waals surface area contributed by atoms with Crippen molar-refractivity contribution < 1.29 is 17.6 Å². The van der Waals surface area contributed by atoms with Gasteiger partial charge in [-0.2, -0.15) is 0 Å². The Hall–Kier alpha value is -1.63. The van der Waals surface area contributed by atoms with Gasteiger partial charge in [0.25, 0.3) is 0 Å². The van der Waals surface area contributed by atoms with E-state index in [1.54, 1.807) is 18.4 Å². The predicted molar refractivity (Wildman–Crippen MR) is 133 cm³/mol. The summed E-state index contributed by atoms with van der Waals surface area (Å²) in [5, 5.41) is 12.2. The van der Waals surface area contributed by atoms with Crippen LogP contribution in [0.25, 0.3) is 0 Å². The van der Waals surface area contributed by atoms with Crippen molar-refractivity contribution in [3.8, 4) is 0 Å². The van der Waals surface area contributed by atoms with E-state index < -0.39 is 10.0 Å². The van der Waals surface area contributed by atoms with E-state index in [1.807, 2.05) is 12.1 Å². The molecule has 1 aliphatic heterocycles. The van der Waals surface area contributed by atoms with E-state index in [1.165, 1.54) is 12.1 Å². The lowest BCUT2D eigenvalue weighted by molar-refractivity contribution is -0.106.